The van der Waals surface area contributed by atoms with Crippen LogP contribution in [0.1, 0.15) is 60.8 Å². The van der Waals surface area contributed by atoms with E-state index in [1.165, 1.54) is 11.1 Å². The molecule has 0 aliphatic heterocycles. The summed E-state index contributed by atoms with van der Waals surface area (Å²) in [5, 5.41) is 9.01. The number of benzene rings is 2. The number of hydrogen-bond acceptors (Lipinski definition) is 3. The second kappa shape index (κ2) is 7.13. The minimum atomic E-state index is -0.233. The number of hydrogen-bond donors (Lipinski definition) is 0. The summed E-state index contributed by atoms with van der Waals surface area (Å²) in [6, 6.07) is 16.2. The molecule has 30 heavy (non-hydrogen) atoms. The fraction of sp³-hybridized carbons (Fsp3) is 0.407. The molecule has 3 nitrogen and oxygen atoms in total. The molecule has 3 heteroatoms. The maximum atomic E-state index is 13.5. The van der Waals surface area contributed by atoms with E-state index in [1.54, 1.807) is 7.11 Å². The number of ketones is 1. The molecule has 0 unspecified atom stereocenters. The van der Waals surface area contributed by atoms with Crippen LogP contribution in [0.25, 0.3) is 6.08 Å². The Bertz CT molecular complexity index is 1080. The molecular formula is C27H27NO2. The second-order valence-corrected chi connectivity index (χ2v) is 9.37. The van der Waals surface area contributed by atoms with E-state index in [2.05, 4.69) is 37.3 Å². The number of aryl methyl sites for hydroxylation is 1. The van der Waals surface area contributed by atoms with Crippen molar-refractivity contribution in [2.24, 2.45) is 17.3 Å². The minimum absolute atomic E-state index is 0.233. The van der Waals surface area contributed by atoms with E-state index in [-0.39, 0.29) is 5.41 Å². The summed E-state index contributed by atoms with van der Waals surface area (Å²) in [5.74, 6) is 2.83. The summed E-state index contributed by atoms with van der Waals surface area (Å²) in [4.78, 5) is 13.5. The van der Waals surface area contributed by atoms with E-state index in [9.17, 15) is 4.79 Å². The smallest absolute Gasteiger partial charge is 0.165 e. The van der Waals surface area contributed by atoms with Gasteiger partial charge in [0.05, 0.1) is 18.7 Å². The van der Waals surface area contributed by atoms with Crippen LogP contribution in [-0.4, -0.2) is 12.9 Å². The Morgan fingerprint density at radius 1 is 1.17 bits per heavy atom. The third-order valence-corrected chi connectivity index (χ3v) is 7.95. The maximum Gasteiger partial charge on any atom is 0.165 e. The van der Waals surface area contributed by atoms with E-state index in [1.807, 2.05) is 24.3 Å². The van der Waals surface area contributed by atoms with Crippen LogP contribution in [-0.2, 0) is 11.2 Å². The van der Waals surface area contributed by atoms with Crippen LogP contribution in [0.3, 0.4) is 0 Å². The molecule has 0 heterocycles. The highest BCUT2D eigenvalue weighted by Gasteiger charge is 2.56. The average molecular weight is 398 g/mol. The van der Waals surface area contributed by atoms with Crippen molar-refractivity contribution in [3.05, 3.63) is 70.3 Å². The quantitative estimate of drug-likeness (QED) is 0.612. The predicted octanol–water partition coefficient (Wildman–Crippen LogP) is 5.69. The van der Waals surface area contributed by atoms with Gasteiger partial charge in [0.15, 0.2) is 5.78 Å². The molecule has 2 aromatic rings. The number of nitrogens with zero attached hydrogens (tertiary/aromatic N) is 1. The molecule has 2 aromatic carbocycles. The molecule has 3 aliphatic rings. The number of methoxy groups -OCH3 is 1. The maximum absolute atomic E-state index is 13.5. The van der Waals surface area contributed by atoms with E-state index in [0.717, 1.165) is 49.0 Å². The SMILES string of the molecule is COc1ccc2c(c1)CC[C@@H]1[C@@H]2CC[C@]2(C)C(=O)/C(=C\c3ccc(C#N)cc3)C[C@@H]12. The summed E-state index contributed by atoms with van der Waals surface area (Å²) in [6.45, 7) is 2.21. The fourth-order valence-electron chi connectivity index (χ4n) is 6.34. The van der Waals surface area contributed by atoms with E-state index in [4.69, 9.17) is 10.00 Å². The van der Waals surface area contributed by atoms with Gasteiger partial charge in [-0.2, -0.15) is 5.26 Å². The Balaban J connectivity index is 1.45. The third kappa shape index (κ3) is 2.89. The Kier molecular flexibility index (Phi) is 4.54. The summed E-state index contributed by atoms with van der Waals surface area (Å²) < 4.78 is 5.43. The van der Waals surface area contributed by atoms with Crippen LogP contribution in [0.2, 0.25) is 0 Å². The lowest BCUT2D eigenvalue weighted by molar-refractivity contribution is -0.127. The highest BCUT2D eigenvalue weighted by Crippen LogP contribution is 2.60. The Morgan fingerprint density at radius 3 is 2.70 bits per heavy atom. The number of allylic oxidation sites excluding steroid dienone is 1. The van der Waals surface area contributed by atoms with Gasteiger partial charge in [-0.1, -0.05) is 25.1 Å². The van der Waals surface area contributed by atoms with Crippen LogP contribution >= 0.6 is 0 Å². The first kappa shape index (κ1) is 19.1. The van der Waals surface area contributed by atoms with Gasteiger partial charge >= 0.3 is 0 Å². The molecule has 0 spiro atoms. The molecule has 0 aromatic heterocycles. The molecule has 5 rings (SSSR count). The van der Waals surface area contributed by atoms with E-state index in [0.29, 0.717) is 29.1 Å². The van der Waals surface area contributed by atoms with Crippen molar-refractivity contribution in [2.45, 2.75) is 44.9 Å². The first-order valence-corrected chi connectivity index (χ1v) is 11.0. The van der Waals surface area contributed by atoms with Crippen molar-refractivity contribution in [3.63, 3.8) is 0 Å². The third-order valence-electron chi connectivity index (χ3n) is 7.95. The van der Waals surface area contributed by atoms with Crippen LogP contribution in [0.15, 0.2) is 48.0 Å². The summed E-state index contributed by atoms with van der Waals surface area (Å²) in [7, 11) is 1.73. The second-order valence-electron chi connectivity index (χ2n) is 9.37. The van der Waals surface area contributed by atoms with Crippen LogP contribution in [0.5, 0.6) is 5.75 Å². The Hall–Kier alpha value is -2.86. The van der Waals surface area contributed by atoms with Gasteiger partial charge < -0.3 is 4.74 Å². The first-order valence-electron chi connectivity index (χ1n) is 11.0. The number of rotatable bonds is 2. The van der Waals surface area contributed by atoms with Crippen LogP contribution in [0, 0.1) is 28.6 Å². The molecule has 4 atom stereocenters. The minimum Gasteiger partial charge on any atom is -0.497 e. The number of carbonyl (C=O) groups excluding carboxylic acids is 1. The number of fused-ring (bicyclic) bond motifs is 5. The fourth-order valence-corrected chi connectivity index (χ4v) is 6.34. The van der Waals surface area contributed by atoms with E-state index < -0.39 is 0 Å². The topological polar surface area (TPSA) is 50.1 Å². The van der Waals surface area contributed by atoms with Gasteiger partial charge in [0.2, 0.25) is 0 Å². The van der Waals surface area contributed by atoms with Crippen molar-refractivity contribution < 1.29 is 9.53 Å². The molecule has 2 fully saturated rings. The van der Waals surface area contributed by atoms with Crippen molar-refractivity contribution in [1.82, 2.24) is 0 Å². The standard InChI is InChI=1S/C27H27NO2/c1-27-12-11-23-22-10-8-21(30-2)14-19(22)7-9-24(23)25(27)15-20(26(27)29)13-17-3-5-18(16-28)6-4-17/h3-6,8,10,13-14,23-25H,7,9,11-12,15H2,1-2H3/b20-13-/t23-,24-,25+,27+/m1/s1. The van der Waals surface area contributed by atoms with Gasteiger partial charge in [-0.05, 0) is 102 Å². The zero-order chi connectivity index (χ0) is 20.9. The summed E-state index contributed by atoms with van der Waals surface area (Å²) >= 11 is 0. The Morgan fingerprint density at radius 2 is 1.97 bits per heavy atom. The molecule has 2 saturated carbocycles. The lowest BCUT2D eigenvalue weighted by Gasteiger charge is -2.48. The van der Waals surface area contributed by atoms with Gasteiger partial charge in [0.25, 0.3) is 0 Å². The van der Waals surface area contributed by atoms with Gasteiger partial charge in [0.1, 0.15) is 5.75 Å². The molecule has 0 saturated heterocycles. The normalized spacial score (nSPS) is 30.9. The number of ether oxygens (including phenoxy) is 1. The lowest BCUT2D eigenvalue weighted by atomic mass is 9.55. The van der Waals surface area contributed by atoms with Gasteiger partial charge in [-0.25, -0.2) is 0 Å². The summed E-state index contributed by atoms with van der Waals surface area (Å²) in [6.07, 6.45) is 7.22. The number of nitriles is 1. The largest absolute Gasteiger partial charge is 0.497 e. The van der Waals surface area contributed by atoms with Gasteiger partial charge in [-0.15, -0.1) is 0 Å². The summed E-state index contributed by atoms with van der Waals surface area (Å²) in [5.41, 5.74) is 5.30. The molecule has 3 aliphatic carbocycles. The monoisotopic (exact) mass is 397 g/mol. The molecule has 0 N–H and O–H groups in total. The zero-order valence-electron chi connectivity index (χ0n) is 17.7. The van der Waals surface area contributed by atoms with Crippen molar-refractivity contribution in [2.75, 3.05) is 7.11 Å². The molecule has 0 amide bonds. The van der Waals surface area contributed by atoms with Crippen LogP contribution < -0.4 is 4.74 Å². The van der Waals surface area contributed by atoms with Crippen LogP contribution in [0.4, 0.5) is 0 Å². The molecule has 152 valence electrons. The highest BCUT2D eigenvalue weighted by atomic mass is 16.5. The van der Waals surface area contributed by atoms with Crippen molar-refractivity contribution >= 4 is 11.9 Å². The molecule has 0 bridgehead atoms. The molecular weight excluding hydrogens is 370 g/mol. The van der Waals surface area contributed by atoms with Crippen molar-refractivity contribution in [3.8, 4) is 11.8 Å². The zero-order valence-corrected chi connectivity index (χ0v) is 17.7. The van der Waals surface area contributed by atoms with Gasteiger partial charge in [0, 0.05) is 5.41 Å². The number of Topliss-reactive ketones (excluding diaryl/α,β-unsaturated/α-hetero) is 1. The number of carbonyl (C=O) groups is 1. The highest BCUT2D eigenvalue weighted by molar-refractivity contribution is 6.06. The lowest BCUT2D eigenvalue weighted by Crippen LogP contribution is -2.42. The first-order chi connectivity index (χ1) is 14.5. The molecule has 0 radical (unpaired) electrons. The van der Waals surface area contributed by atoms with E-state index >= 15 is 0 Å². The van der Waals surface area contributed by atoms with Gasteiger partial charge in [-0.3, -0.25) is 4.79 Å². The predicted molar refractivity (Wildman–Crippen MR) is 117 cm³/mol. The average Bonchev–Trinajstić information content (AvgIpc) is 3.04. The van der Waals surface area contributed by atoms with Crippen molar-refractivity contribution in [1.29, 1.82) is 5.26 Å². The Labute approximate surface area is 178 Å².